The van der Waals surface area contributed by atoms with Crippen LogP contribution in [0.1, 0.15) is 50.2 Å². The van der Waals surface area contributed by atoms with Gasteiger partial charge in [-0.05, 0) is 49.7 Å². The highest BCUT2D eigenvalue weighted by atomic mass is 16.1. The standard InChI is InChI=1S/C13H17NO.C10H13N/c1-2-12(15)14-13(8-9-13)10-11-6-4-3-5-7-11;11-10(6-7-10)8-9-4-2-1-3-5-9/h3-7H,2,8-10H2,1H3,(H,14,15);1-5H,6-8,11H2. The third-order valence-corrected chi connectivity index (χ3v) is 5.26. The molecule has 0 unspecified atom stereocenters. The van der Waals surface area contributed by atoms with E-state index in [0.717, 1.165) is 25.7 Å². The molecule has 0 radical (unpaired) electrons. The summed E-state index contributed by atoms with van der Waals surface area (Å²) in [6.07, 6.45) is 7.23. The Bertz CT molecular complexity index is 704. The number of carbonyl (C=O) groups excluding carboxylic acids is 1. The average Bonchev–Trinajstić information content (AvgIpc) is 3.57. The maximum atomic E-state index is 11.3. The van der Waals surface area contributed by atoms with Gasteiger partial charge >= 0.3 is 0 Å². The first kappa shape index (κ1) is 18.7. The van der Waals surface area contributed by atoms with Crippen LogP contribution in [0.15, 0.2) is 60.7 Å². The highest BCUT2D eigenvalue weighted by Crippen LogP contribution is 2.38. The first-order chi connectivity index (χ1) is 12.5. The van der Waals surface area contributed by atoms with E-state index >= 15 is 0 Å². The second kappa shape index (κ2) is 8.05. The molecule has 2 aromatic rings. The number of hydrogen-bond donors (Lipinski definition) is 2. The van der Waals surface area contributed by atoms with E-state index in [1.165, 1.54) is 24.0 Å². The third kappa shape index (κ3) is 5.70. The van der Waals surface area contributed by atoms with E-state index < -0.39 is 0 Å². The molecule has 0 aromatic heterocycles. The van der Waals surface area contributed by atoms with Crippen LogP contribution in [0.4, 0.5) is 0 Å². The van der Waals surface area contributed by atoms with Gasteiger partial charge in [-0.1, -0.05) is 67.6 Å². The van der Waals surface area contributed by atoms with E-state index in [9.17, 15) is 4.79 Å². The lowest BCUT2D eigenvalue weighted by Crippen LogP contribution is -2.38. The first-order valence-electron chi connectivity index (χ1n) is 9.70. The Morgan fingerprint density at radius 1 is 0.885 bits per heavy atom. The maximum absolute atomic E-state index is 11.3. The summed E-state index contributed by atoms with van der Waals surface area (Å²) in [5.41, 5.74) is 8.89. The Morgan fingerprint density at radius 3 is 1.81 bits per heavy atom. The van der Waals surface area contributed by atoms with Crippen molar-refractivity contribution >= 4 is 5.91 Å². The second-order valence-corrected chi connectivity index (χ2v) is 7.87. The molecule has 3 nitrogen and oxygen atoms in total. The summed E-state index contributed by atoms with van der Waals surface area (Å²) in [5.74, 6) is 0.170. The summed E-state index contributed by atoms with van der Waals surface area (Å²) in [6.45, 7) is 1.90. The van der Waals surface area contributed by atoms with Crippen molar-refractivity contribution < 1.29 is 4.79 Å². The zero-order valence-electron chi connectivity index (χ0n) is 15.7. The van der Waals surface area contributed by atoms with Crippen molar-refractivity contribution in [3.63, 3.8) is 0 Å². The van der Waals surface area contributed by atoms with Crippen LogP contribution in [-0.2, 0) is 17.6 Å². The van der Waals surface area contributed by atoms with Gasteiger partial charge in [0.2, 0.25) is 5.91 Å². The van der Waals surface area contributed by atoms with Gasteiger partial charge in [-0.25, -0.2) is 0 Å². The zero-order valence-corrected chi connectivity index (χ0v) is 15.7. The summed E-state index contributed by atoms with van der Waals surface area (Å²) >= 11 is 0. The molecule has 0 bridgehead atoms. The second-order valence-electron chi connectivity index (χ2n) is 7.87. The van der Waals surface area contributed by atoms with Gasteiger partial charge in [0.05, 0.1) is 0 Å². The van der Waals surface area contributed by atoms with Crippen molar-refractivity contribution in [1.82, 2.24) is 5.32 Å². The highest BCUT2D eigenvalue weighted by Gasteiger charge is 2.43. The van der Waals surface area contributed by atoms with E-state index in [2.05, 4.69) is 41.7 Å². The molecule has 2 aliphatic carbocycles. The Morgan fingerprint density at radius 2 is 1.38 bits per heavy atom. The van der Waals surface area contributed by atoms with Gasteiger partial charge in [-0.2, -0.15) is 0 Å². The van der Waals surface area contributed by atoms with Crippen LogP contribution in [0, 0.1) is 0 Å². The summed E-state index contributed by atoms with van der Waals surface area (Å²) in [7, 11) is 0. The molecule has 0 saturated heterocycles. The normalized spacial score (nSPS) is 18.2. The van der Waals surface area contributed by atoms with E-state index in [-0.39, 0.29) is 17.0 Å². The lowest BCUT2D eigenvalue weighted by atomic mass is 10.0. The predicted octanol–water partition coefficient (Wildman–Crippen LogP) is 4.01. The highest BCUT2D eigenvalue weighted by molar-refractivity contribution is 5.77. The molecule has 26 heavy (non-hydrogen) atoms. The molecular weight excluding hydrogens is 320 g/mol. The summed E-state index contributed by atoms with van der Waals surface area (Å²) in [6, 6.07) is 20.8. The molecule has 3 heteroatoms. The molecule has 0 spiro atoms. The first-order valence-corrected chi connectivity index (χ1v) is 9.70. The Hall–Kier alpha value is -2.13. The van der Waals surface area contributed by atoms with Crippen LogP contribution >= 0.6 is 0 Å². The van der Waals surface area contributed by atoms with Gasteiger partial charge in [0.15, 0.2) is 0 Å². The molecule has 0 aliphatic heterocycles. The predicted molar refractivity (Wildman–Crippen MR) is 107 cm³/mol. The molecule has 4 rings (SSSR count). The number of nitrogens with one attached hydrogen (secondary N) is 1. The van der Waals surface area contributed by atoms with Crippen molar-refractivity contribution in [1.29, 1.82) is 0 Å². The minimum absolute atomic E-state index is 0.0778. The fourth-order valence-corrected chi connectivity index (χ4v) is 3.21. The quantitative estimate of drug-likeness (QED) is 0.827. The van der Waals surface area contributed by atoms with Crippen molar-refractivity contribution in [2.45, 2.75) is 62.9 Å². The number of hydrogen-bond acceptors (Lipinski definition) is 2. The molecule has 1 amide bonds. The van der Waals surface area contributed by atoms with Gasteiger partial charge in [0, 0.05) is 17.5 Å². The number of carbonyl (C=O) groups is 1. The topological polar surface area (TPSA) is 55.1 Å². The summed E-state index contributed by atoms with van der Waals surface area (Å²) < 4.78 is 0. The Labute approximate surface area is 157 Å². The maximum Gasteiger partial charge on any atom is 0.220 e. The number of rotatable bonds is 6. The Kier molecular flexibility index (Phi) is 5.77. The fraction of sp³-hybridized carbons (Fsp3) is 0.435. The van der Waals surface area contributed by atoms with Crippen LogP contribution in [-0.4, -0.2) is 17.0 Å². The molecule has 0 heterocycles. The van der Waals surface area contributed by atoms with E-state index in [4.69, 9.17) is 5.73 Å². The minimum Gasteiger partial charge on any atom is -0.350 e. The van der Waals surface area contributed by atoms with Crippen molar-refractivity contribution in [2.75, 3.05) is 0 Å². The van der Waals surface area contributed by atoms with Gasteiger partial charge in [-0.3, -0.25) is 4.79 Å². The summed E-state index contributed by atoms with van der Waals surface area (Å²) in [4.78, 5) is 11.3. The number of benzene rings is 2. The van der Waals surface area contributed by atoms with Crippen molar-refractivity contribution in [2.24, 2.45) is 5.73 Å². The minimum atomic E-state index is 0.0778. The molecule has 2 fully saturated rings. The van der Waals surface area contributed by atoms with E-state index in [0.29, 0.717) is 6.42 Å². The number of nitrogens with two attached hydrogens (primary N) is 1. The fourth-order valence-electron chi connectivity index (χ4n) is 3.21. The SMILES string of the molecule is CCC(=O)NC1(Cc2ccccc2)CC1.NC1(Cc2ccccc2)CC1. The largest absolute Gasteiger partial charge is 0.350 e. The molecule has 0 atom stereocenters. The van der Waals surface area contributed by atoms with Gasteiger partial charge in [0.1, 0.15) is 0 Å². The number of amides is 1. The van der Waals surface area contributed by atoms with Gasteiger partial charge in [-0.15, -0.1) is 0 Å². The van der Waals surface area contributed by atoms with Crippen LogP contribution < -0.4 is 11.1 Å². The molecule has 2 aromatic carbocycles. The van der Waals surface area contributed by atoms with Crippen LogP contribution in [0.5, 0.6) is 0 Å². The van der Waals surface area contributed by atoms with E-state index in [1.807, 2.05) is 31.2 Å². The molecule has 138 valence electrons. The van der Waals surface area contributed by atoms with Crippen molar-refractivity contribution in [3.8, 4) is 0 Å². The van der Waals surface area contributed by atoms with Crippen LogP contribution in [0.25, 0.3) is 0 Å². The molecule has 3 N–H and O–H groups in total. The zero-order chi connectivity index (χ0) is 18.5. The lowest BCUT2D eigenvalue weighted by Gasteiger charge is -2.16. The lowest BCUT2D eigenvalue weighted by molar-refractivity contribution is -0.121. The molecule has 2 aliphatic rings. The van der Waals surface area contributed by atoms with Crippen LogP contribution in [0.3, 0.4) is 0 Å². The van der Waals surface area contributed by atoms with Crippen LogP contribution in [0.2, 0.25) is 0 Å². The average molecular weight is 351 g/mol. The van der Waals surface area contributed by atoms with Gasteiger partial charge < -0.3 is 11.1 Å². The van der Waals surface area contributed by atoms with Gasteiger partial charge in [0.25, 0.3) is 0 Å². The Balaban J connectivity index is 0.000000158. The monoisotopic (exact) mass is 350 g/mol. The smallest absolute Gasteiger partial charge is 0.220 e. The van der Waals surface area contributed by atoms with Crippen molar-refractivity contribution in [3.05, 3.63) is 71.8 Å². The third-order valence-electron chi connectivity index (χ3n) is 5.26. The van der Waals surface area contributed by atoms with E-state index in [1.54, 1.807) is 0 Å². The molecular formula is C23H30N2O. The molecule has 2 saturated carbocycles. The summed E-state index contributed by atoms with van der Waals surface area (Å²) in [5, 5.41) is 3.13.